The highest BCUT2D eigenvalue weighted by atomic mass is 32.2. The number of hydrogen-bond acceptors (Lipinski definition) is 8. The second kappa shape index (κ2) is 10.2. The van der Waals surface area contributed by atoms with Crippen LogP contribution in [0.3, 0.4) is 0 Å². The number of rotatable bonds is 10. The fourth-order valence-corrected chi connectivity index (χ4v) is 5.23. The van der Waals surface area contributed by atoms with Crippen molar-refractivity contribution in [2.45, 2.75) is 24.3 Å². The third-order valence-corrected chi connectivity index (χ3v) is 6.89. The molecular weight excluding hydrogens is 444 g/mol. The van der Waals surface area contributed by atoms with Gasteiger partial charge in [-0.05, 0) is 61.8 Å². The quantitative estimate of drug-likeness (QED) is 0.472. The van der Waals surface area contributed by atoms with Gasteiger partial charge in [-0.2, -0.15) is 25.2 Å². The zero-order chi connectivity index (χ0) is 21.6. The molecule has 11 heteroatoms. The molecule has 0 saturated heterocycles. The van der Waals surface area contributed by atoms with Crippen LogP contribution in [0.5, 0.6) is 5.75 Å². The molecule has 1 heterocycles. The average molecular weight is 467 g/mol. The molecule has 0 fully saturated rings. The van der Waals surface area contributed by atoms with E-state index in [0.717, 1.165) is 11.7 Å². The maximum Gasteiger partial charge on any atom is 0.243 e. The minimum Gasteiger partial charge on any atom is -0.494 e. The Morgan fingerprint density at radius 3 is 2.67 bits per heavy atom. The fraction of sp³-hybridized carbons (Fsp3) is 0.316. The monoisotopic (exact) mass is 466 g/mol. The van der Waals surface area contributed by atoms with Crippen LogP contribution < -0.4 is 14.8 Å². The molecule has 0 aliphatic rings. The molecule has 1 atom stereocenters. The summed E-state index contributed by atoms with van der Waals surface area (Å²) >= 11 is 2.48. The van der Waals surface area contributed by atoms with Crippen molar-refractivity contribution < 1.29 is 17.9 Å². The van der Waals surface area contributed by atoms with Crippen LogP contribution in [-0.2, 0) is 14.8 Å². The molecule has 1 aromatic heterocycles. The summed E-state index contributed by atoms with van der Waals surface area (Å²) < 4.78 is 42.1. The molecular formula is C19H22N4O4S3. The molecule has 0 radical (unpaired) electrons. The predicted octanol–water partition coefficient (Wildman–Crippen LogP) is 3.13. The van der Waals surface area contributed by atoms with E-state index in [0.29, 0.717) is 41.3 Å². The van der Waals surface area contributed by atoms with Gasteiger partial charge in [-0.1, -0.05) is 6.07 Å². The van der Waals surface area contributed by atoms with Crippen LogP contribution in [0.15, 0.2) is 47.4 Å². The number of nitrogens with zero attached hydrogens (tertiary/aromatic N) is 2. The zero-order valence-corrected chi connectivity index (χ0v) is 18.9. The Balaban J connectivity index is 1.79. The largest absolute Gasteiger partial charge is 0.494 e. The van der Waals surface area contributed by atoms with Gasteiger partial charge in [0.2, 0.25) is 15.9 Å². The first-order valence-electron chi connectivity index (χ1n) is 9.21. The molecule has 0 aliphatic heterocycles. The molecule has 0 saturated carbocycles. The van der Waals surface area contributed by atoms with Gasteiger partial charge < -0.3 is 10.1 Å². The highest BCUT2D eigenvalue weighted by Gasteiger charge is 2.27. The van der Waals surface area contributed by atoms with Gasteiger partial charge in [-0.15, -0.1) is 0 Å². The standard InChI is InChI=1S/C19H22N4O4S3/c1-3-27-14-9-7-13(8-10-14)20-19(24)16(11-12-28-2)23-30(25,26)17-6-4-5-15-18(17)22-29-21-15/h4-10,16,23H,3,11-12H2,1-2H3,(H,20,24). The van der Waals surface area contributed by atoms with Crippen molar-refractivity contribution in [1.29, 1.82) is 0 Å². The Bertz CT molecular complexity index is 1100. The summed E-state index contributed by atoms with van der Waals surface area (Å²) in [4.78, 5) is 12.9. The van der Waals surface area contributed by atoms with E-state index in [1.54, 1.807) is 36.4 Å². The first-order valence-corrected chi connectivity index (χ1v) is 12.8. The van der Waals surface area contributed by atoms with Gasteiger partial charge in [0.05, 0.1) is 18.3 Å². The van der Waals surface area contributed by atoms with Crippen molar-refractivity contribution >= 4 is 56.1 Å². The number of sulfonamides is 1. The summed E-state index contributed by atoms with van der Waals surface area (Å²) in [5.41, 5.74) is 1.36. The molecule has 2 aromatic carbocycles. The van der Waals surface area contributed by atoms with Crippen LogP contribution in [0.4, 0.5) is 5.69 Å². The van der Waals surface area contributed by atoms with Crippen LogP contribution in [-0.4, -0.2) is 47.7 Å². The molecule has 30 heavy (non-hydrogen) atoms. The lowest BCUT2D eigenvalue weighted by molar-refractivity contribution is -0.117. The van der Waals surface area contributed by atoms with Crippen molar-refractivity contribution in [3.63, 3.8) is 0 Å². The van der Waals surface area contributed by atoms with Crippen LogP contribution in [0, 0.1) is 0 Å². The minimum absolute atomic E-state index is 0.0109. The number of anilines is 1. The van der Waals surface area contributed by atoms with Gasteiger partial charge in [-0.3, -0.25) is 4.79 Å². The highest BCUT2D eigenvalue weighted by molar-refractivity contribution is 7.98. The molecule has 3 aromatic rings. The Morgan fingerprint density at radius 1 is 1.20 bits per heavy atom. The van der Waals surface area contributed by atoms with E-state index in [2.05, 4.69) is 18.8 Å². The molecule has 8 nitrogen and oxygen atoms in total. The van der Waals surface area contributed by atoms with E-state index < -0.39 is 22.0 Å². The van der Waals surface area contributed by atoms with E-state index in [-0.39, 0.29) is 4.90 Å². The van der Waals surface area contributed by atoms with Crippen molar-refractivity contribution in [1.82, 2.24) is 13.5 Å². The molecule has 0 aliphatic carbocycles. The number of carbonyl (C=O) groups excluding carboxylic acids is 1. The number of fused-ring (bicyclic) bond motifs is 1. The van der Waals surface area contributed by atoms with Crippen molar-refractivity contribution in [3.05, 3.63) is 42.5 Å². The summed E-state index contributed by atoms with van der Waals surface area (Å²) in [6.07, 6.45) is 2.24. The predicted molar refractivity (Wildman–Crippen MR) is 121 cm³/mol. The number of benzene rings is 2. The summed E-state index contributed by atoms with van der Waals surface area (Å²) in [6.45, 7) is 2.44. The fourth-order valence-electron chi connectivity index (χ4n) is 2.76. The first kappa shape index (κ1) is 22.5. The van der Waals surface area contributed by atoms with E-state index >= 15 is 0 Å². The summed E-state index contributed by atoms with van der Waals surface area (Å²) in [5.74, 6) is 0.882. The first-order chi connectivity index (χ1) is 14.4. The molecule has 0 bridgehead atoms. The number of hydrogen-bond donors (Lipinski definition) is 2. The van der Waals surface area contributed by atoms with Crippen molar-refractivity contribution in [2.75, 3.05) is 23.9 Å². The summed E-state index contributed by atoms with van der Waals surface area (Å²) in [6, 6.07) is 10.7. The lowest BCUT2D eigenvalue weighted by Gasteiger charge is -2.18. The normalized spacial score (nSPS) is 12.6. The topological polar surface area (TPSA) is 110 Å². The zero-order valence-electron chi connectivity index (χ0n) is 16.5. The second-order valence-electron chi connectivity index (χ2n) is 6.29. The van der Waals surface area contributed by atoms with E-state index in [1.165, 1.54) is 17.8 Å². The van der Waals surface area contributed by atoms with E-state index in [1.807, 2.05) is 13.2 Å². The maximum atomic E-state index is 13.0. The molecule has 3 rings (SSSR count). The summed E-state index contributed by atoms with van der Waals surface area (Å²) in [5, 5.41) is 2.77. The number of aromatic nitrogens is 2. The van der Waals surface area contributed by atoms with Gasteiger partial charge in [0.15, 0.2) is 0 Å². The van der Waals surface area contributed by atoms with E-state index in [4.69, 9.17) is 4.74 Å². The van der Waals surface area contributed by atoms with Gasteiger partial charge in [0.25, 0.3) is 0 Å². The highest BCUT2D eigenvalue weighted by Crippen LogP contribution is 2.22. The Kier molecular flexibility index (Phi) is 7.64. The SMILES string of the molecule is CCOc1ccc(NC(=O)C(CCSC)NS(=O)(=O)c2cccc3nsnc23)cc1. The van der Waals surface area contributed by atoms with Gasteiger partial charge in [0.1, 0.15) is 27.7 Å². The van der Waals surface area contributed by atoms with Crippen LogP contribution >= 0.6 is 23.5 Å². The Hall–Kier alpha value is -2.21. The molecule has 2 N–H and O–H groups in total. The van der Waals surface area contributed by atoms with Gasteiger partial charge >= 0.3 is 0 Å². The smallest absolute Gasteiger partial charge is 0.243 e. The van der Waals surface area contributed by atoms with Crippen LogP contribution in [0.2, 0.25) is 0 Å². The lowest BCUT2D eigenvalue weighted by Crippen LogP contribution is -2.44. The number of nitrogens with one attached hydrogen (secondary N) is 2. The minimum atomic E-state index is -3.97. The lowest BCUT2D eigenvalue weighted by atomic mass is 10.2. The van der Waals surface area contributed by atoms with E-state index in [9.17, 15) is 13.2 Å². The van der Waals surface area contributed by atoms with Crippen molar-refractivity contribution in [3.8, 4) is 5.75 Å². The average Bonchev–Trinajstić information content (AvgIpc) is 3.21. The molecule has 1 amide bonds. The number of amides is 1. The maximum absolute atomic E-state index is 13.0. The second-order valence-corrected chi connectivity index (χ2v) is 9.49. The van der Waals surface area contributed by atoms with Crippen LogP contribution in [0.1, 0.15) is 13.3 Å². The number of thioether (sulfide) groups is 1. The van der Waals surface area contributed by atoms with Crippen LogP contribution in [0.25, 0.3) is 11.0 Å². The Labute approximate surface area is 183 Å². The molecule has 0 spiro atoms. The van der Waals surface area contributed by atoms with Crippen molar-refractivity contribution in [2.24, 2.45) is 0 Å². The molecule has 160 valence electrons. The van der Waals surface area contributed by atoms with Gasteiger partial charge in [-0.25, -0.2) is 8.42 Å². The third-order valence-electron chi connectivity index (χ3n) is 4.20. The Morgan fingerprint density at radius 2 is 1.97 bits per heavy atom. The molecule has 1 unspecified atom stereocenters. The van der Waals surface area contributed by atoms with Gasteiger partial charge in [0, 0.05) is 5.69 Å². The third kappa shape index (κ3) is 5.48. The number of ether oxygens (including phenoxy) is 1. The summed E-state index contributed by atoms with van der Waals surface area (Å²) in [7, 11) is -3.97. The number of carbonyl (C=O) groups is 1.